The monoisotopic (exact) mass is 333 g/mol. The number of benzene rings is 2. The Hall–Kier alpha value is -2.88. The van der Waals surface area contributed by atoms with Crippen molar-refractivity contribution in [1.29, 1.82) is 0 Å². The Morgan fingerprint density at radius 3 is 2.32 bits per heavy atom. The highest BCUT2D eigenvalue weighted by Gasteiger charge is 2.22. The Morgan fingerprint density at radius 1 is 1.04 bits per heavy atom. The van der Waals surface area contributed by atoms with Gasteiger partial charge in [0.05, 0.1) is 0 Å². The van der Waals surface area contributed by atoms with E-state index in [4.69, 9.17) is 0 Å². The summed E-state index contributed by atoms with van der Waals surface area (Å²) in [6, 6.07) is 20.0. The molecule has 4 heteroatoms. The lowest BCUT2D eigenvalue weighted by molar-refractivity contribution is -0.124. The van der Waals surface area contributed by atoms with Gasteiger partial charge in [-0.1, -0.05) is 74.5 Å². The SMILES string of the molecule is CC(C)C(=O)NC(c1ccccc1)c1nccn1Cc1ccccc1. The molecule has 0 fully saturated rings. The molecule has 25 heavy (non-hydrogen) atoms. The molecule has 4 nitrogen and oxygen atoms in total. The van der Waals surface area contributed by atoms with Gasteiger partial charge in [-0.15, -0.1) is 0 Å². The summed E-state index contributed by atoms with van der Waals surface area (Å²) in [4.78, 5) is 16.9. The van der Waals surface area contributed by atoms with Gasteiger partial charge in [0.1, 0.15) is 11.9 Å². The molecule has 0 spiro atoms. The molecule has 0 saturated heterocycles. The van der Waals surface area contributed by atoms with E-state index in [0.29, 0.717) is 0 Å². The van der Waals surface area contributed by atoms with Crippen LogP contribution in [0, 0.1) is 5.92 Å². The number of aromatic nitrogens is 2. The highest BCUT2D eigenvalue weighted by Crippen LogP contribution is 2.22. The molecular formula is C21H23N3O. The average Bonchev–Trinajstić information content (AvgIpc) is 3.08. The normalized spacial score (nSPS) is 12.1. The minimum Gasteiger partial charge on any atom is -0.342 e. The quantitative estimate of drug-likeness (QED) is 0.746. The zero-order valence-electron chi connectivity index (χ0n) is 14.6. The summed E-state index contributed by atoms with van der Waals surface area (Å²) >= 11 is 0. The Balaban J connectivity index is 1.94. The van der Waals surface area contributed by atoms with Crippen molar-refractivity contribution in [3.05, 3.63) is 90.0 Å². The van der Waals surface area contributed by atoms with Gasteiger partial charge >= 0.3 is 0 Å². The number of imidazole rings is 1. The molecule has 2 aromatic carbocycles. The number of nitrogens with zero attached hydrogens (tertiary/aromatic N) is 2. The number of hydrogen-bond acceptors (Lipinski definition) is 2. The summed E-state index contributed by atoms with van der Waals surface area (Å²) in [6.07, 6.45) is 3.75. The van der Waals surface area contributed by atoms with Crippen LogP contribution in [0.5, 0.6) is 0 Å². The summed E-state index contributed by atoms with van der Waals surface area (Å²) in [5.41, 5.74) is 2.22. The number of rotatable bonds is 6. The predicted molar refractivity (Wildman–Crippen MR) is 99.0 cm³/mol. The third-order valence-electron chi connectivity index (χ3n) is 4.15. The first kappa shape index (κ1) is 17.0. The summed E-state index contributed by atoms with van der Waals surface area (Å²) in [5.74, 6) is 0.774. The van der Waals surface area contributed by atoms with Crippen molar-refractivity contribution in [2.45, 2.75) is 26.4 Å². The number of carbonyl (C=O) groups is 1. The van der Waals surface area contributed by atoms with Crippen molar-refractivity contribution in [2.24, 2.45) is 5.92 Å². The summed E-state index contributed by atoms with van der Waals surface area (Å²) in [6.45, 7) is 4.51. The standard InChI is InChI=1S/C21H23N3O/c1-16(2)21(25)23-19(18-11-7-4-8-12-18)20-22-13-14-24(20)15-17-9-5-3-6-10-17/h3-14,16,19H,15H2,1-2H3,(H,23,25). The summed E-state index contributed by atoms with van der Waals surface area (Å²) < 4.78 is 2.09. The first-order valence-electron chi connectivity index (χ1n) is 8.55. The molecule has 1 N–H and O–H groups in total. The van der Waals surface area contributed by atoms with Crippen LogP contribution in [0.4, 0.5) is 0 Å². The van der Waals surface area contributed by atoms with Crippen LogP contribution >= 0.6 is 0 Å². The van der Waals surface area contributed by atoms with E-state index in [0.717, 1.165) is 17.9 Å². The highest BCUT2D eigenvalue weighted by atomic mass is 16.1. The molecule has 0 aliphatic carbocycles. The van der Waals surface area contributed by atoms with E-state index in [9.17, 15) is 4.79 Å². The van der Waals surface area contributed by atoms with Gasteiger partial charge in [0.15, 0.2) is 0 Å². The van der Waals surface area contributed by atoms with E-state index in [1.165, 1.54) is 5.56 Å². The minimum atomic E-state index is -0.269. The van der Waals surface area contributed by atoms with Crippen LogP contribution in [0.15, 0.2) is 73.1 Å². The van der Waals surface area contributed by atoms with Crippen LogP contribution in [-0.2, 0) is 11.3 Å². The molecule has 1 aromatic heterocycles. The number of nitrogens with one attached hydrogen (secondary N) is 1. The molecule has 3 rings (SSSR count). The van der Waals surface area contributed by atoms with Crippen molar-refractivity contribution in [3.63, 3.8) is 0 Å². The van der Waals surface area contributed by atoms with Crippen LogP contribution in [-0.4, -0.2) is 15.5 Å². The van der Waals surface area contributed by atoms with Gasteiger partial charge in [0, 0.05) is 24.9 Å². The lowest BCUT2D eigenvalue weighted by Gasteiger charge is -2.21. The van der Waals surface area contributed by atoms with E-state index in [2.05, 4.69) is 27.0 Å². The third-order valence-corrected chi connectivity index (χ3v) is 4.15. The second kappa shape index (κ2) is 7.79. The van der Waals surface area contributed by atoms with Gasteiger partial charge in [0.2, 0.25) is 5.91 Å². The minimum absolute atomic E-state index is 0.0168. The maximum absolute atomic E-state index is 12.3. The molecule has 0 radical (unpaired) electrons. The van der Waals surface area contributed by atoms with Gasteiger partial charge in [0.25, 0.3) is 0 Å². The summed E-state index contributed by atoms with van der Waals surface area (Å²) in [5, 5.41) is 3.14. The molecule has 1 atom stereocenters. The van der Waals surface area contributed by atoms with Crippen molar-refractivity contribution in [3.8, 4) is 0 Å². The van der Waals surface area contributed by atoms with Crippen LogP contribution in [0.1, 0.15) is 36.8 Å². The Bertz CT molecular complexity index is 809. The average molecular weight is 333 g/mol. The van der Waals surface area contributed by atoms with Crippen molar-refractivity contribution >= 4 is 5.91 Å². The number of hydrogen-bond donors (Lipinski definition) is 1. The van der Waals surface area contributed by atoms with E-state index < -0.39 is 0 Å². The summed E-state index contributed by atoms with van der Waals surface area (Å²) in [7, 11) is 0. The van der Waals surface area contributed by atoms with E-state index >= 15 is 0 Å². The topological polar surface area (TPSA) is 46.9 Å². The van der Waals surface area contributed by atoms with Crippen molar-refractivity contribution in [1.82, 2.24) is 14.9 Å². The van der Waals surface area contributed by atoms with Crippen LogP contribution in [0.2, 0.25) is 0 Å². The van der Waals surface area contributed by atoms with Gasteiger partial charge in [-0.3, -0.25) is 4.79 Å². The zero-order valence-corrected chi connectivity index (χ0v) is 14.6. The van der Waals surface area contributed by atoms with Gasteiger partial charge in [-0.05, 0) is 11.1 Å². The third kappa shape index (κ3) is 4.15. The zero-order chi connectivity index (χ0) is 17.6. The maximum Gasteiger partial charge on any atom is 0.223 e. The Morgan fingerprint density at radius 2 is 1.68 bits per heavy atom. The largest absolute Gasteiger partial charge is 0.342 e. The number of amides is 1. The lowest BCUT2D eigenvalue weighted by Crippen LogP contribution is -2.34. The second-order valence-corrected chi connectivity index (χ2v) is 6.41. The van der Waals surface area contributed by atoms with Crippen LogP contribution in [0.25, 0.3) is 0 Å². The molecule has 1 amide bonds. The van der Waals surface area contributed by atoms with Gasteiger partial charge in [-0.25, -0.2) is 4.98 Å². The van der Waals surface area contributed by atoms with Gasteiger partial charge in [-0.2, -0.15) is 0 Å². The van der Waals surface area contributed by atoms with Crippen molar-refractivity contribution in [2.75, 3.05) is 0 Å². The molecular weight excluding hydrogens is 310 g/mol. The molecule has 1 unspecified atom stereocenters. The first-order valence-corrected chi connectivity index (χ1v) is 8.55. The predicted octanol–water partition coefficient (Wildman–Crippen LogP) is 3.79. The first-order chi connectivity index (χ1) is 12.1. The lowest BCUT2D eigenvalue weighted by atomic mass is 10.0. The molecule has 128 valence electrons. The Labute approximate surface area is 148 Å². The highest BCUT2D eigenvalue weighted by molar-refractivity contribution is 5.78. The fourth-order valence-electron chi connectivity index (χ4n) is 2.75. The second-order valence-electron chi connectivity index (χ2n) is 6.41. The van der Waals surface area contributed by atoms with E-state index in [1.54, 1.807) is 6.20 Å². The molecule has 0 saturated carbocycles. The fraction of sp³-hybridized carbons (Fsp3) is 0.238. The molecule has 0 bridgehead atoms. The Kier molecular flexibility index (Phi) is 5.29. The van der Waals surface area contributed by atoms with E-state index in [-0.39, 0.29) is 17.9 Å². The molecule has 3 aromatic rings. The van der Waals surface area contributed by atoms with E-state index in [1.807, 2.05) is 68.6 Å². The molecule has 0 aliphatic rings. The van der Waals surface area contributed by atoms with Gasteiger partial charge < -0.3 is 9.88 Å². The van der Waals surface area contributed by atoms with Crippen molar-refractivity contribution < 1.29 is 4.79 Å². The van der Waals surface area contributed by atoms with Crippen LogP contribution < -0.4 is 5.32 Å². The molecule has 0 aliphatic heterocycles. The maximum atomic E-state index is 12.3. The molecule has 1 heterocycles. The number of carbonyl (C=O) groups excluding carboxylic acids is 1. The fourth-order valence-corrected chi connectivity index (χ4v) is 2.75. The van der Waals surface area contributed by atoms with Crippen LogP contribution in [0.3, 0.4) is 0 Å². The smallest absolute Gasteiger partial charge is 0.223 e.